The van der Waals surface area contributed by atoms with Gasteiger partial charge in [0.2, 0.25) is 5.91 Å². The van der Waals surface area contributed by atoms with Gasteiger partial charge in [-0.2, -0.15) is 0 Å². The molecule has 2 heterocycles. The zero-order valence-electron chi connectivity index (χ0n) is 9.88. The smallest absolute Gasteiger partial charge is 0.238 e. The second-order valence-corrected chi connectivity index (χ2v) is 6.65. The normalized spacial score (nSPS) is 24.0. The fourth-order valence-corrected chi connectivity index (χ4v) is 3.76. The minimum atomic E-state index is -0.887. The molecule has 0 aromatic carbocycles. The van der Waals surface area contributed by atoms with Crippen LogP contribution in [0.3, 0.4) is 0 Å². The van der Waals surface area contributed by atoms with E-state index in [1.54, 1.807) is 17.6 Å². The molecule has 0 aliphatic carbocycles. The van der Waals surface area contributed by atoms with Gasteiger partial charge in [0.15, 0.2) is 0 Å². The zero-order valence-corrected chi connectivity index (χ0v) is 11.5. The van der Waals surface area contributed by atoms with E-state index in [9.17, 15) is 9.00 Å². The van der Waals surface area contributed by atoms with Crippen molar-refractivity contribution in [3.8, 4) is 0 Å². The van der Waals surface area contributed by atoms with Crippen molar-refractivity contribution in [2.75, 3.05) is 18.6 Å². The summed E-state index contributed by atoms with van der Waals surface area (Å²) in [6.07, 6.45) is 1.62. The third kappa shape index (κ3) is 2.75. The van der Waals surface area contributed by atoms with E-state index in [1.165, 1.54) is 0 Å². The number of carbonyl (C=O) groups excluding carboxylic acids is 1. The van der Waals surface area contributed by atoms with E-state index in [4.69, 9.17) is 0 Å². The second kappa shape index (κ2) is 5.29. The van der Waals surface area contributed by atoms with Crippen molar-refractivity contribution in [2.24, 2.45) is 0 Å². The van der Waals surface area contributed by atoms with Gasteiger partial charge in [0.25, 0.3) is 0 Å². The summed E-state index contributed by atoms with van der Waals surface area (Å²) in [4.78, 5) is 14.8. The Morgan fingerprint density at radius 3 is 3.06 bits per heavy atom. The van der Waals surface area contributed by atoms with E-state index in [1.807, 2.05) is 29.3 Å². The van der Waals surface area contributed by atoms with Crippen LogP contribution in [0.15, 0.2) is 17.5 Å². The molecule has 0 spiro atoms. The highest BCUT2D eigenvalue weighted by atomic mass is 32.2. The first-order valence-corrected chi connectivity index (χ1v) is 8.08. The van der Waals surface area contributed by atoms with Crippen LogP contribution in [0.2, 0.25) is 0 Å². The topological polar surface area (TPSA) is 49.4 Å². The number of thiophene rings is 1. The van der Waals surface area contributed by atoms with Crippen molar-refractivity contribution in [3.05, 3.63) is 22.4 Å². The Morgan fingerprint density at radius 2 is 2.47 bits per heavy atom. The number of carbonyl (C=O) groups is 1. The summed E-state index contributed by atoms with van der Waals surface area (Å²) in [5.74, 6) is 0.608. The average molecular weight is 272 g/mol. The molecular weight excluding hydrogens is 256 g/mol. The van der Waals surface area contributed by atoms with E-state index in [0.29, 0.717) is 12.3 Å². The molecule has 1 saturated heterocycles. The summed E-state index contributed by atoms with van der Waals surface area (Å²) >= 11 is 1.63. The molecule has 1 amide bonds. The van der Waals surface area contributed by atoms with Crippen LogP contribution in [-0.2, 0) is 15.6 Å². The molecule has 6 heteroatoms. The van der Waals surface area contributed by atoms with Gasteiger partial charge in [-0.1, -0.05) is 6.07 Å². The second-order valence-electron chi connectivity index (χ2n) is 4.19. The lowest BCUT2D eigenvalue weighted by molar-refractivity contribution is -0.129. The molecule has 17 heavy (non-hydrogen) atoms. The number of hydrogen-bond donors (Lipinski definition) is 1. The van der Waals surface area contributed by atoms with Crippen molar-refractivity contribution in [2.45, 2.75) is 19.1 Å². The highest BCUT2D eigenvalue weighted by Crippen LogP contribution is 2.28. The minimum absolute atomic E-state index is 0.00423. The summed E-state index contributed by atoms with van der Waals surface area (Å²) in [7, 11) is -0.887. The number of hydrogen-bond acceptors (Lipinski definition) is 4. The fourth-order valence-electron chi connectivity index (χ4n) is 2.12. The summed E-state index contributed by atoms with van der Waals surface area (Å²) in [5, 5.41) is 5.20. The molecule has 1 aliphatic heterocycles. The lowest BCUT2D eigenvalue weighted by atomic mass is 10.2. The van der Waals surface area contributed by atoms with Crippen LogP contribution >= 0.6 is 11.3 Å². The fraction of sp³-hybridized carbons (Fsp3) is 0.545. The maximum Gasteiger partial charge on any atom is 0.238 e. The third-order valence-corrected chi connectivity index (χ3v) is 4.65. The average Bonchev–Trinajstić information content (AvgIpc) is 2.84. The molecule has 1 aromatic rings. The summed E-state index contributed by atoms with van der Waals surface area (Å²) in [5.41, 5.74) is 0. The highest BCUT2D eigenvalue weighted by Gasteiger charge is 2.35. The Labute approximate surface area is 107 Å². The van der Waals surface area contributed by atoms with Crippen LogP contribution in [0.25, 0.3) is 0 Å². The van der Waals surface area contributed by atoms with Crippen molar-refractivity contribution in [3.63, 3.8) is 0 Å². The molecule has 1 fully saturated rings. The summed E-state index contributed by atoms with van der Waals surface area (Å²) in [6.45, 7) is 2.32. The van der Waals surface area contributed by atoms with Crippen molar-refractivity contribution in [1.29, 1.82) is 0 Å². The Hall–Kier alpha value is -0.720. The molecular formula is C11H16N2O2S2. The predicted molar refractivity (Wildman–Crippen MR) is 70.3 cm³/mol. The van der Waals surface area contributed by atoms with Crippen molar-refractivity contribution < 1.29 is 9.00 Å². The molecule has 3 atom stereocenters. The number of nitrogens with zero attached hydrogens (tertiary/aromatic N) is 1. The Morgan fingerprint density at radius 1 is 1.71 bits per heavy atom. The van der Waals surface area contributed by atoms with Gasteiger partial charge < -0.3 is 4.90 Å². The van der Waals surface area contributed by atoms with Gasteiger partial charge in [0.1, 0.15) is 6.17 Å². The van der Waals surface area contributed by atoms with E-state index >= 15 is 0 Å². The van der Waals surface area contributed by atoms with E-state index in [2.05, 4.69) is 5.32 Å². The van der Waals surface area contributed by atoms with Crippen molar-refractivity contribution in [1.82, 2.24) is 10.2 Å². The van der Waals surface area contributed by atoms with Crippen LogP contribution in [0, 0.1) is 0 Å². The largest absolute Gasteiger partial charge is 0.317 e. The molecule has 94 valence electrons. The molecule has 1 aromatic heterocycles. The first kappa shape index (κ1) is 12.7. The molecule has 0 radical (unpaired) electrons. The number of amides is 1. The predicted octanol–water partition coefficient (Wildman–Crippen LogP) is 0.946. The molecule has 1 aliphatic rings. The van der Waals surface area contributed by atoms with E-state index < -0.39 is 10.8 Å². The Bertz CT molecular complexity index is 419. The van der Waals surface area contributed by atoms with Crippen LogP contribution in [0.4, 0.5) is 0 Å². The molecule has 2 rings (SSSR count). The van der Waals surface area contributed by atoms with Crippen LogP contribution in [0.1, 0.15) is 18.0 Å². The minimum Gasteiger partial charge on any atom is -0.317 e. The number of nitrogens with one attached hydrogen (secondary N) is 1. The van der Waals surface area contributed by atoms with Gasteiger partial charge in [0.05, 0.1) is 6.54 Å². The van der Waals surface area contributed by atoms with Crippen LogP contribution in [-0.4, -0.2) is 39.6 Å². The maximum absolute atomic E-state index is 11.9. The molecule has 4 nitrogen and oxygen atoms in total. The monoisotopic (exact) mass is 272 g/mol. The molecule has 1 N–H and O–H groups in total. The quantitative estimate of drug-likeness (QED) is 0.887. The van der Waals surface area contributed by atoms with Gasteiger partial charge in [-0.3, -0.25) is 14.3 Å². The van der Waals surface area contributed by atoms with Crippen LogP contribution in [0.5, 0.6) is 0 Å². The summed E-state index contributed by atoms with van der Waals surface area (Å²) < 4.78 is 11.3. The van der Waals surface area contributed by atoms with Crippen LogP contribution < -0.4 is 5.32 Å². The van der Waals surface area contributed by atoms with Gasteiger partial charge in [-0.25, -0.2) is 0 Å². The standard InChI is InChI=1S/C11H16N2O2S2/c1-8(7-17(2)15)13-10(14)6-12-11(13)9-4-3-5-16-9/h3-5,8,11-12H,6-7H2,1-2H3. The highest BCUT2D eigenvalue weighted by molar-refractivity contribution is 7.84. The third-order valence-electron chi connectivity index (χ3n) is 2.78. The van der Waals surface area contributed by atoms with Gasteiger partial charge in [0, 0.05) is 33.7 Å². The van der Waals surface area contributed by atoms with Gasteiger partial charge in [-0.05, 0) is 18.4 Å². The summed E-state index contributed by atoms with van der Waals surface area (Å²) in [6, 6.07) is 3.99. The molecule has 3 unspecified atom stereocenters. The van der Waals surface area contributed by atoms with Crippen molar-refractivity contribution >= 4 is 28.0 Å². The van der Waals surface area contributed by atoms with Gasteiger partial charge >= 0.3 is 0 Å². The van der Waals surface area contributed by atoms with E-state index in [-0.39, 0.29) is 18.1 Å². The van der Waals surface area contributed by atoms with E-state index in [0.717, 1.165) is 4.88 Å². The Balaban J connectivity index is 2.17. The zero-order chi connectivity index (χ0) is 12.4. The SMILES string of the molecule is CC(CS(C)=O)N1C(=O)CNC1c1cccs1. The molecule has 0 bridgehead atoms. The Kier molecular flexibility index (Phi) is 3.96. The maximum atomic E-state index is 11.9. The first-order valence-electron chi connectivity index (χ1n) is 5.47. The van der Waals surface area contributed by atoms with Gasteiger partial charge in [-0.15, -0.1) is 11.3 Å². The lowest BCUT2D eigenvalue weighted by Gasteiger charge is -2.29. The number of rotatable bonds is 4. The first-order chi connectivity index (χ1) is 8.09. The molecule has 0 saturated carbocycles. The lowest BCUT2D eigenvalue weighted by Crippen LogP contribution is -2.40.